The van der Waals surface area contributed by atoms with Crippen molar-refractivity contribution in [3.63, 3.8) is 0 Å². The highest BCUT2D eigenvalue weighted by atomic mass is 16.6. The Bertz CT molecular complexity index is 225. The highest BCUT2D eigenvalue weighted by Crippen LogP contribution is 2.30. The fraction of sp³-hybridized carbons (Fsp3) is 0.714. The Morgan fingerprint density at radius 1 is 1.58 bits per heavy atom. The van der Waals surface area contributed by atoms with Gasteiger partial charge in [-0.1, -0.05) is 0 Å². The second-order valence-corrected chi connectivity index (χ2v) is 3.01. The van der Waals surface area contributed by atoms with Gasteiger partial charge in [-0.05, 0) is 12.8 Å². The molecule has 1 N–H and O–H groups in total. The Balaban J connectivity index is 1.93. The Morgan fingerprint density at radius 3 is 2.92 bits per heavy atom. The van der Waals surface area contributed by atoms with Crippen LogP contribution in [0.4, 0.5) is 4.79 Å². The van der Waals surface area contributed by atoms with Crippen LogP contribution in [-0.4, -0.2) is 30.2 Å². The maximum absolute atomic E-state index is 11.4. The highest BCUT2D eigenvalue weighted by molar-refractivity contribution is 5.83. The number of amides is 2. The number of carbonyl (C=O) groups excluding carboxylic acids is 2. The molecule has 0 spiro atoms. The Hall–Kier alpha value is -1.26. The molecule has 0 aromatic rings. The lowest BCUT2D eigenvalue weighted by Gasteiger charge is -2.26. The number of cyclic esters (lactones) is 1. The molecule has 0 bridgehead atoms. The summed E-state index contributed by atoms with van der Waals surface area (Å²) in [5.74, 6) is 0.162. The molecule has 0 atom stereocenters. The molecule has 1 saturated heterocycles. The van der Waals surface area contributed by atoms with Crippen molar-refractivity contribution in [1.29, 1.82) is 0 Å². The monoisotopic (exact) mass is 170 g/mol. The number of ether oxygens (including phenoxy) is 1. The Labute approximate surface area is 69.6 Å². The maximum atomic E-state index is 11.4. The van der Waals surface area contributed by atoms with E-state index in [2.05, 4.69) is 10.2 Å². The van der Waals surface area contributed by atoms with Gasteiger partial charge in [0.25, 0.3) is 0 Å². The number of nitrogens with zero attached hydrogens (tertiary/aromatic N) is 1. The van der Waals surface area contributed by atoms with E-state index in [0.717, 1.165) is 12.8 Å². The largest absolute Gasteiger partial charge is 0.446 e. The zero-order valence-corrected chi connectivity index (χ0v) is 6.58. The summed E-state index contributed by atoms with van der Waals surface area (Å²) in [5, 5.41) is 1.35. The van der Waals surface area contributed by atoms with Crippen molar-refractivity contribution in [2.45, 2.75) is 12.8 Å². The lowest BCUT2D eigenvalue weighted by molar-refractivity contribution is -0.137. The molecule has 0 unspecified atom stereocenters. The van der Waals surface area contributed by atoms with Crippen molar-refractivity contribution in [2.24, 2.45) is 5.92 Å². The van der Waals surface area contributed by atoms with Gasteiger partial charge in [-0.15, -0.1) is 0 Å². The Morgan fingerprint density at radius 2 is 2.33 bits per heavy atom. The first kappa shape index (κ1) is 7.39. The van der Waals surface area contributed by atoms with Crippen LogP contribution in [0.5, 0.6) is 0 Å². The second-order valence-electron chi connectivity index (χ2n) is 3.01. The first-order chi connectivity index (χ1) is 5.77. The van der Waals surface area contributed by atoms with Gasteiger partial charge in [0.05, 0.1) is 6.54 Å². The molecule has 5 heteroatoms. The molecule has 2 aliphatic rings. The van der Waals surface area contributed by atoms with Crippen LogP contribution in [0.15, 0.2) is 0 Å². The van der Waals surface area contributed by atoms with Crippen LogP contribution in [0.2, 0.25) is 0 Å². The topological polar surface area (TPSA) is 58.6 Å². The van der Waals surface area contributed by atoms with E-state index >= 15 is 0 Å². The molecule has 0 radical (unpaired) electrons. The van der Waals surface area contributed by atoms with E-state index in [4.69, 9.17) is 0 Å². The molecule has 2 amide bonds. The number of carbonyl (C=O) groups is 2. The summed E-state index contributed by atoms with van der Waals surface area (Å²) in [6, 6.07) is 0. The standard InChI is InChI=1S/C7H10N2O3/c10-6(5-1-2-5)9-3-4-12-7(11)8-9/h5H,1-4H2,(H,8,11). The molecule has 1 saturated carbocycles. The molecule has 2 fully saturated rings. The van der Waals surface area contributed by atoms with Crippen LogP contribution in [0.25, 0.3) is 0 Å². The number of rotatable bonds is 1. The molecule has 66 valence electrons. The SMILES string of the molecule is O=C1NN(C(=O)C2CC2)CCO1. The fourth-order valence-electron chi connectivity index (χ4n) is 1.14. The van der Waals surface area contributed by atoms with Gasteiger partial charge in [0, 0.05) is 5.92 Å². The van der Waals surface area contributed by atoms with Crippen LogP contribution in [0.3, 0.4) is 0 Å². The summed E-state index contributed by atoms with van der Waals surface area (Å²) in [5.41, 5.74) is 2.36. The molecule has 12 heavy (non-hydrogen) atoms. The van der Waals surface area contributed by atoms with Crippen LogP contribution in [-0.2, 0) is 9.53 Å². The lowest BCUT2D eigenvalue weighted by atomic mass is 10.4. The van der Waals surface area contributed by atoms with E-state index in [-0.39, 0.29) is 11.8 Å². The number of hydrazine groups is 1. The van der Waals surface area contributed by atoms with Crippen molar-refractivity contribution >= 4 is 12.0 Å². The highest BCUT2D eigenvalue weighted by Gasteiger charge is 2.35. The second kappa shape index (κ2) is 2.66. The quantitative estimate of drug-likeness (QED) is 0.596. The van der Waals surface area contributed by atoms with Crippen LogP contribution in [0.1, 0.15) is 12.8 Å². The van der Waals surface area contributed by atoms with Gasteiger partial charge in [-0.3, -0.25) is 4.79 Å². The number of hydrogen-bond acceptors (Lipinski definition) is 3. The third kappa shape index (κ3) is 1.34. The normalized spacial score (nSPS) is 23.0. The minimum Gasteiger partial charge on any atom is -0.446 e. The van der Waals surface area contributed by atoms with Gasteiger partial charge in [0.2, 0.25) is 5.91 Å². The zero-order valence-electron chi connectivity index (χ0n) is 6.58. The van der Waals surface area contributed by atoms with Crippen molar-refractivity contribution in [2.75, 3.05) is 13.2 Å². The summed E-state index contributed by atoms with van der Waals surface area (Å²) in [6.07, 6.45) is 1.37. The van der Waals surface area contributed by atoms with Crippen molar-refractivity contribution in [1.82, 2.24) is 10.4 Å². The third-order valence-corrected chi connectivity index (χ3v) is 1.97. The van der Waals surface area contributed by atoms with Gasteiger partial charge in [0.1, 0.15) is 6.61 Å². The first-order valence-electron chi connectivity index (χ1n) is 4.02. The van der Waals surface area contributed by atoms with Crippen molar-refractivity contribution in [3.8, 4) is 0 Å². The lowest BCUT2D eigenvalue weighted by Crippen LogP contribution is -2.52. The summed E-state index contributed by atoms with van der Waals surface area (Å²) >= 11 is 0. The third-order valence-electron chi connectivity index (χ3n) is 1.97. The van der Waals surface area contributed by atoms with E-state index in [0.29, 0.717) is 13.2 Å². The zero-order chi connectivity index (χ0) is 8.55. The fourth-order valence-corrected chi connectivity index (χ4v) is 1.14. The van der Waals surface area contributed by atoms with Gasteiger partial charge in [-0.2, -0.15) is 0 Å². The molecule has 2 rings (SSSR count). The number of nitrogens with one attached hydrogen (secondary N) is 1. The van der Waals surface area contributed by atoms with E-state index in [1.165, 1.54) is 5.01 Å². The summed E-state index contributed by atoms with van der Waals surface area (Å²) < 4.78 is 4.61. The van der Waals surface area contributed by atoms with Crippen LogP contribution in [0, 0.1) is 5.92 Å². The predicted molar refractivity (Wildman–Crippen MR) is 38.9 cm³/mol. The van der Waals surface area contributed by atoms with Gasteiger partial charge < -0.3 is 4.74 Å². The molecule has 0 aromatic heterocycles. The summed E-state index contributed by atoms with van der Waals surface area (Å²) in [6.45, 7) is 0.755. The molecule has 1 aliphatic carbocycles. The average molecular weight is 170 g/mol. The van der Waals surface area contributed by atoms with Gasteiger partial charge in [-0.25, -0.2) is 15.2 Å². The molecular weight excluding hydrogens is 160 g/mol. The first-order valence-corrected chi connectivity index (χ1v) is 4.02. The Kier molecular flexibility index (Phi) is 1.64. The van der Waals surface area contributed by atoms with Crippen LogP contribution >= 0.6 is 0 Å². The smallest absolute Gasteiger partial charge is 0.426 e. The van der Waals surface area contributed by atoms with Crippen molar-refractivity contribution < 1.29 is 14.3 Å². The van der Waals surface area contributed by atoms with Gasteiger partial charge >= 0.3 is 6.09 Å². The van der Waals surface area contributed by atoms with E-state index in [9.17, 15) is 9.59 Å². The minimum absolute atomic E-state index is 0.0200. The van der Waals surface area contributed by atoms with Crippen molar-refractivity contribution in [3.05, 3.63) is 0 Å². The van der Waals surface area contributed by atoms with E-state index < -0.39 is 6.09 Å². The van der Waals surface area contributed by atoms with E-state index in [1.807, 2.05) is 0 Å². The van der Waals surface area contributed by atoms with Crippen LogP contribution < -0.4 is 5.43 Å². The van der Waals surface area contributed by atoms with Gasteiger partial charge in [0.15, 0.2) is 0 Å². The minimum atomic E-state index is -0.532. The van der Waals surface area contributed by atoms with E-state index in [1.54, 1.807) is 0 Å². The average Bonchev–Trinajstić information content (AvgIpc) is 2.85. The maximum Gasteiger partial charge on any atom is 0.426 e. The molecular formula is C7H10N2O3. The number of hydrogen-bond donors (Lipinski definition) is 1. The summed E-state index contributed by atoms with van der Waals surface area (Å²) in [7, 11) is 0. The predicted octanol–water partition coefficient (Wildman–Crippen LogP) is -0.120. The summed E-state index contributed by atoms with van der Waals surface area (Å²) in [4.78, 5) is 22.1. The molecule has 5 nitrogen and oxygen atoms in total. The molecule has 1 aliphatic heterocycles. The molecule has 1 heterocycles. The molecule has 0 aromatic carbocycles.